The molecule has 1 N–H and O–H groups in total. The van der Waals surface area contributed by atoms with Gasteiger partial charge in [-0.05, 0) is 48.4 Å². The second-order valence-corrected chi connectivity index (χ2v) is 8.85. The fraction of sp³-hybridized carbons (Fsp3) is 0.182. The van der Waals surface area contributed by atoms with Crippen LogP contribution in [0.1, 0.15) is 36.3 Å². The Hall–Kier alpha value is -3.39. The van der Waals surface area contributed by atoms with Crippen LogP contribution in [0.3, 0.4) is 0 Å². The van der Waals surface area contributed by atoms with Crippen LogP contribution in [0.15, 0.2) is 81.3 Å². The summed E-state index contributed by atoms with van der Waals surface area (Å²) in [6.45, 7) is 3.20. The van der Waals surface area contributed by atoms with Gasteiger partial charge in [0.05, 0.1) is 16.9 Å². The van der Waals surface area contributed by atoms with Crippen LogP contribution in [-0.2, 0) is 14.8 Å². The first-order valence-electron chi connectivity index (χ1n) is 9.45. The van der Waals surface area contributed by atoms with Crippen molar-refractivity contribution in [3.8, 4) is 0 Å². The van der Waals surface area contributed by atoms with Gasteiger partial charge in [0.1, 0.15) is 11.8 Å². The highest BCUT2D eigenvalue weighted by atomic mass is 32.2. The zero-order valence-corrected chi connectivity index (χ0v) is 17.4. The van der Waals surface area contributed by atoms with Crippen molar-refractivity contribution in [3.05, 3.63) is 83.8 Å². The standard InChI is InChI=1S/C22H21N3O4S/c1-15-6-3-4-8-22(15)30(27,28)25-20(21-7-5-13-29-21)14-19(24-25)17-9-11-18(12-10-17)23-16(2)26/h3-13,20H,14H2,1-2H3,(H,23,26)/t20-/m0/s1. The SMILES string of the molecule is CC(=O)Nc1ccc(C2=NN(S(=O)(=O)c3ccccc3C)[C@H](c3ccco3)C2)cc1. The van der Waals surface area contributed by atoms with Gasteiger partial charge in [-0.25, -0.2) is 0 Å². The van der Waals surface area contributed by atoms with Crippen molar-refractivity contribution in [1.29, 1.82) is 0 Å². The zero-order chi connectivity index (χ0) is 21.3. The summed E-state index contributed by atoms with van der Waals surface area (Å²) >= 11 is 0. The highest BCUT2D eigenvalue weighted by molar-refractivity contribution is 7.89. The highest BCUT2D eigenvalue weighted by Gasteiger charge is 2.39. The van der Waals surface area contributed by atoms with Crippen molar-refractivity contribution >= 4 is 27.3 Å². The van der Waals surface area contributed by atoms with Crippen molar-refractivity contribution in [2.45, 2.75) is 31.2 Å². The molecule has 3 aromatic rings. The summed E-state index contributed by atoms with van der Waals surface area (Å²) < 4.78 is 33.6. The zero-order valence-electron chi connectivity index (χ0n) is 16.6. The van der Waals surface area contributed by atoms with Gasteiger partial charge >= 0.3 is 0 Å². The summed E-state index contributed by atoms with van der Waals surface area (Å²) in [5.41, 5.74) is 2.72. The molecule has 0 saturated carbocycles. The number of aryl methyl sites for hydroxylation is 1. The predicted octanol–water partition coefficient (Wildman–Crippen LogP) is 4.09. The fourth-order valence-corrected chi connectivity index (χ4v) is 5.12. The van der Waals surface area contributed by atoms with E-state index in [0.717, 1.165) is 9.98 Å². The first-order valence-corrected chi connectivity index (χ1v) is 10.9. The van der Waals surface area contributed by atoms with E-state index in [2.05, 4.69) is 10.4 Å². The minimum Gasteiger partial charge on any atom is -0.467 e. The second kappa shape index (κ2) is 7.79. The first kappa shape index (κ1) is 19.9. The van der Waals surface area contributed by atoms with Crippen LogP contribution in [0.5, 0.6) is 0 Å². The monoisotopic (exact) mass is 423 g/mol. The molecule has 4 rings (SSSR count). The summed E-state index contributed by atoms with van der Waals surface area (Å²) in [7, 11) is -3.88. The van der Waals surface area contributed by atoms with E-state index in [1.807, 2.05) is 12.1 Å². The van der Waals surface area contributed by atoms with Gasteiger partial charge < -0.3 is 9.73 Å². The smallest absolute Gasteiger partial charge is 0.279 e. The van der Waals surface area contributed by atoms with Crippen LogP contribution in [0.25, 0.3) is 0 Å². The molecule has 0 radical (unpaired) electrons. The predicted molar refractivity (Wildman–Crippen MR) is 114 cm³/mol. The Morgan fingerprint density at radius 2 is 1.83 bits per heavy atom. The molecule has 2 heterocycles. The van der Waals surface area contributed by atoms with E-state index in [1.165, 1.54) is 13.2 Å². The van der Waals surface area contributed by atoms with E-state index in [9.17, 15) is 13.2 Å². The summed E-state index contributed by atoms with van der Waals surface area (Å²) in [5, 5.41) is 7.20. The molecule has 2 aromatic carbocycles. The number of amides is 1. The molecule has 0 bridgehead atoms. The summed E-state index contributed by atoms with van der Waals surface area (Å²) in [6.07, 6.45) is 1.90. The fourth-order valence-electron chi connectivity index (χ4n) is 3.47. The minimum absolute atomic E-state index is 0.158. The van der Waals surface area contributed by atoms with Gasteiger partial charge in [-0.1, -0.05) is 30.3 Å². The Morgan fingerprint density at radius 1 is 1.10 bits per heavy atom. The Labute approximate surface area is 175 Å². The molecular formula is C22H21N3O4S. The van der Waals surface area contributed by atoms with Crippen LogP contribution >= 0.6 is 0 Å². The Morgan fingerprint density at radius 3 is 2.47 bits per heavy atom. The van der Waals surface area contributed by atoms with Crippen LogP contribution < -0.4 is 5.32 Å². The number of benzene rings is 2. The molecule has 1 atom stereocenters. The van der Waals surface area contributed by atoms with Crippen molar-refractivity contribution in [2.75, 3.05) is 5.32 Å². The lowest BCUT2D eigenvalue weighted by Gasteiger charge is -2.22. The molecule has 1 aliphatic rings. The third kappa shape index (κ3) is 3.73. The van der Waals surface area contributed by atoms with Gasteiger partial charge in [0.25, 0.3) is 10.0 Å². The Balaban J connectivity index is 1.74. The lowest BCUT2D eigenvalue weighted by Crippen LogP contribution is -2.27. The molecule has 0 fully saturated rings. The molecule has 154 valence electrons. The molecule has 1 aliphatic heterocycles. The number of carbonyl (C=O) groups is 1. The van der Waals surface area contributed by atoms with Gasteiger partial charge in [0.2, 0.25) is 5.91 Å². The van der Waals surface area contributed by atoms with Crippen LogP contribution in [0, 0.1) is 6.92 Å². The van der Waals surface area contributed by atoms with Gasteiger partial charge in [0.15, 0.2) is 0 Å². The maximum Gasteiger partial charge on any atom is 0.279 e. The molecule has 0 saturated heterocycles. The largest absolute Gasteiger partial charge is 0.467 e. The third-order valence-electron chi connectivity index (χ3n) is 4.90. The van der Waals surface area contributed by atoms with Crippen molar-refractivity contribution < 1.29 is 17.6 Å². The molecule has 0 unspecified atom stereocenters. The molecule has 7 nitrogen and oxygen atoms in total. The van der Waals surface area contributed by atoms with Crippen LogP contribution in [0.4, 0.5) is 5.69 Å². The number of nitrogens with zero attached hydrogens (tertiary/aromatic N) is 2. The third-order valence-corrected chi connectivity index (χ3v) is 6.74. The first-order chi connectivity index (χ1) is 14.4. The maximum absolute atomic E-state index is 13.4. The lowest BCUT2D eigenvalue weighted by atomic mass is 10.0. The molecule has 0 spiro atoms. The lowest BCUT2D eigenvalue weighted by molar-refractivity contribution is -0.114. The van der Waals surface area contributed by atoms with E-state index < -0.39 is 16.1 Å². The summed E-state index contributed by atoms with van der Waals surface area (Å²) in [4.78, 5) is 11.4. The van der Waals surface area contributed by atoms with E-state index in [1.54, 1.807) is 55.5 Å². The molecule has 30 heavy (non-hydrogen) atoms. The number of anilines is 1. The number of carbonyl (C=O) groups excluding carboxylic acids is 1. The average Bonchev–Trinajstić information content (AvgIpc) is 3.38. The van der Waals surface area contributed by atoms with E-state index >= 15 is 0 Å². The minimum atomic E-state index is -3.88. The topological polar surface area (TPSA) is 92.0 Å². The van der Waals surface area contributed by atoms with Gasteiger partial charge in [0, 0.05) is 19.0 Å². The number of hydrazone groups is 1. The molecular weight excluding hydrogens is 402 g/mol. The van der Waals surface area contributed by atoms with Crippen molar-refractivity contribution in [2.24, 2.45) is 5.10 Å². The molecule has 1 aromatic heterocycles. The number of rotatable bonds is 5. The number of hydrogen-bond acceptors (Lipinski definition) is 5. The van der Waals surface area contributed by atoms with E-state index in [0.29, 0.717) is 29.1 Å². The summed E-state index contributed by atoms with van der Waals surface area (Å²) in [5.74, 6) is 0.370. The van der Waals surface area contributed by atoms with E-state index in [4.69, 9.17) is 4.42 Å². The van der Waals surface area contributed by atoms with Crippen LogP contribution in [-0.4, -0.2) is 24.5 Å². The average molecular weight is 423 g/mol. The van der Waals surface area contributed by atoms with Crippen LogP contribution in [0.2, 0.25) is 0 Å². The second-order valence-electron chi connectivity index (χ2n) is 7.08. The number of nitrogens with one attached hydrogen (secondary N) is 1. The summed E-state index contributed by atoms with van der Waals surface area (Å²) in [6, 6.07) is 16.9. The number of sulfonamides is 1. The Bertz CT molecular complexity index is 1200. The van der Waals surface area contributed by atoms with Gasteiger partial charge in [-0.15, -0.1) is 0 Å². The van der Waals surface area contributed by atoms with Gasteiger partial charge in [-0.3, -0.25) is 4.79 Å². The van der Waals surface area contributed by atoms with Crippen molar-refractivity contribution in [3.63, 3.8) is 0 Å². The normalized spacial score (nSPS) is 16.4. The van der Waals surface area contributed by atoms with Crippen molar-refractivity contribution in [1.82, 2.24) is 4.41 Å². The highest BCUT2D eigenvalue weighted by Crippen LogP contribution is 2.38. The maximum atomic E-state index is 13.4. The number of hydrogen-bond donors (Lipinski definition) is 1. The van der Waals surface area contributed by atoms with E-state index in [-0.39, 0.29) is 10.8 Å². The molecule has 1 amide bonds. The number of furan rings is 1. The van der Waals surface area contributed by atoms with Gasteiger partial charge in [-0.2, -0.15) is 17.9 Å². The molecule has 8 heteroatoms. The Kier molecular flexibility index (Phi) is 5.17. The molecule has 0 aliphatic carbocycles. The quantitative estimate of drug-likeness (QED) is 0.669.